The molecule has 0 aliphatic carbocycles. The minimum atomic E-state index is -0.0568. The van der Waals surface area contributed by atoms with Gasteiger partial charge in [0.25, 0.3) is 0 Å². The van der Waals surface area contributed by atoms with Crippen LogP contribution < -0.4 is 5.32 Å². The standard InChI is InChI=1S/C20H18N4OS2/c1-13-21-17(11-26-13)14-6-5-7-15(10-14)22-19(25)12-27-20-23-16-8-3-4-9-18(16)24(20)2/h3-11H,12H2,1-2H3,(H,22,25). The lowest BCUT2D eigenvalue weighted by atomic mass is 10.1. The molecule has 7 heteroatoms. The van der Waals surface area contributed by atoms with Crippen LogP contribution in [0.2, 0.25) is 0 Å². The highest BCUT2D eigenvalue weighted by atomic mass is 32.2. The number of imidazole rings is 1. The zero-order valence-corrected chi connectivity index (χ0v) is 16.6. The van der Waals surface area contributed by atoms with E-state index in [1.54, 1.807) is 11.3 Å². The van der Waals surface area contributed by atoms with Crippen molar-refractivity contribution in [1.29, 1.82) is 0 Å². The highest BCUT2D eigenvalue weighted by Gasteiger charge is 2.11. The molecular formula is C20H18N4OS2. The van der Waals surface area contributed by atoms with Gasteiger partial charge in [0.2, 0.25) is 5.91 Å². The second kappa shape index (κ2) is 7.54. The molecule has 0 saturated heterocycles. The summed E-state index contributed by atoms with van der Waals surface area (Å²) in [5, 5.41) is 6.84. The molecule has 2 heterocycles. The van der Waals surface area contributed by atoms with Gasteiger partial charge < -0.3 is 9.88 Å². The Morgan fingerprint density at radius 3 is 2.81 bits per heavy atom. The first-order valence-corrected chi connectivity index (χ1v) is 10.3. The van der Waals surface area contributed by atoms with E-state index in [1.165, 1.54) is 11.8 Å². The largest absolute Gasteiger partial charge is 0.325 e. The van der Waals surface area contributed by atoms with E-state index in [1.807, 2.05) is 72.4 Å². The van der Waals surface area contributed by atoms with Crippen molar-refractivity contribution in [1.82, 2.24) is 14.5 Å². The molecule has 0 radical (unpaired) electrons. The maximum Gasteiger partial charge on any atom is 0.234 e. The maximum atomic E-state index is 12.4. The predicted molar refractivity (Wildman–Crippen MR) is 112 cm³/mol. The van der Waals surface area contributed by atoms with Gasteiger partial charge in [-0.2, -0.15) is 0 Å². The van der Waals surface area contributed by atoms with E-state index in [0.717, 1.165) is 38.1 Å². The molecule has 27 heavy (non-hydrogen) atoms. The number of thiazole rings is 1. The number of nitrogens with zero attached hydrogens (tertiary/aromatic N) is 3. The zero-order chi connectivity index (χ0) is 18.8. The molecule has 136 valence electrons. The summed E-state index contributed by atoms with van der Waals surface area (Å²) in [6.07, 6.45) is 0. The third kappa shape index (κ3) is 3.89. The predicted octanol–water partition coefficient (Wildman–Crippen LogP) is 4.74. The topological polar surface area (TPSA) is 59.8 Å². The Morgan fingerprint density at radius 1 is 1.19 bits per heavy atom. The van der Waals surface area contributed by atoms with Crippen LogP contribution in [0.4, 0.5) is 5.69 Å². The van der Waals surface area contributed by atoms with Gasteiger partial charge >= 0.3 is 0 Å². The maximum absolute atomic E-state index is 12.4. The number of amides is 1. The lowest BCUT2D eigenvalue weighted by Gasteiger charge is -2.07. The molecule has 2 aromatic carbocycles. The molecule has 2 aromatic heterocycles. The van der Waals surface area contributed by atoms with Gasteiger partial charge in [-0.15, -0.1) is 11.3 Å². The normalized spacial score (nSPS) is 11.0. The number of para-hydroxylation sites is 2. The van der Waals surface area contributed by atoms with Crippen molar-refractivity contribution >= 4 is 45.7 Å². The lowest BCUT2D eigenvalue weighted by Crippen LogP contribution is -2.14. The number of benzene rings is 2. The Kier molecular flexibility index (Phi) is 4.96. The van der Waals surface area contributed by atoms with Gasteiger partial charge in [-0.3, -0.25) is 4.79 Å². The average molecular weight is 395 g/mol. The van der Waals surface area contributed by atoms with Crippen LogP contribution in [0.1, 0.15) is 5.01 Å². The molecule has 0 saturated carbocycles. The van der Waals surface area contributed by atoms with Gasteiger partial charge in [0, 0.05) is 23.7 Å². The fraction of sp³-hybridized carbons (Fsp3) is 0.150. The Hall–Kier alpha value is -2.64. The van der Waals surface area contributed by atoms with E-state index in [-0.39, 0.29) is 5.91 Å². The van der Waals surface area contributed by atoms with Crippen molar-refractivity contribution in [2.75, 3.05) is 11.1 Å². The third-order valence-electron chi connectivity index (χ3n) is 4.14. The second-order valence-electron chi connectivity index (χ2n) is 6.11. The zero-order valence-electron chi connectivity index (χ0n) is 15.0. The Bertz CT molecular complexity index is 1120. The van der Waals surface area contributed by atoms with Gasteiger partial charge in [-0.1, -0.05) is 36.0 Å². The molecule has 4 aromatic rings. The number of fused-ring (bicyclic) bond motifs is 1. The first kappa shape index (κ1) is 17.8. The quantitative estimate of drug-likeness (QED) is 0.497. The summed E-state index contributed by atoms with van der Waals surface area (Å²) >= 11 is 3.05. The van der Waals surface area contributed by atoms with Gasteiger partial charge in [-0.25, -0.2) is 9.97 Å². The van der Waals surface area contributed by atoms with Gasteiger partial charge in [0.05, 0.1) is 27.5 Å². The van der Waals surface area contributed by atoms with Crippen molar-refractivity contribution in [2.24, 2.45) is 7.05 Å². The van der Waals surface area contributed by atoms with E-state index in [4.69, 9.17) is 0 Å². The molecular weight excluding hydrogens is 376 g/mol. The monoisotopic (exact) mass is 394 g/mol. The number of carbonyl (C=O) groups excluding carboxylic acids is 1. The Labute approximate surface area is 165 Å². The van der Waals surface area contributed by atoms with Crippen molar-refractivity contribution in [2.45, 2.75) is 12.1 Å². The van der Waals surface area contributed by atoms with Crippen LogP contribution in [0, 0.1) is 6.92 Å². The van der Waals surface area contributed by atoms with Crippen LogP contribution in [0.25, 0.3) is 22.3 Å². The number of aromatic nitrogens is 3. The molecule has 0 atom stereocenters. The van der Waals surface area contributed by atoms with E-state index in [2.05, 4.69) is 15.3 Å². The molecule has 5 nitrogen and oxygen atoms in total. The van der Waals surface area contributed by atoms with Crippen LogP contribution in [-0.4, -0.2) is 26.2 Å². The number of nitrogens with one attached hydrogen (secondary N) is 1. The first-order chi connectivity index (χ1) is 13.1. The van der Waals surface area contributed by atoms with Crippen LogP contribution >= 0.6 is 23.1 Å². The second-order valence-corrected chi connectivity index (χ2v) is 8.12. The number of hydrogen-bond donors (Lipinski definition) is 1. The number of hydrogen-bond acceptors (Lipinski definition) is 5. The minimum Gasteiger partial charge on any atom is -0.325 e. The van der Waals surface area contributed by atoms with Gasteiger partial charge in [-0.05, 0) is 31.2 Å². The summed E-state index contributed by atoms with van der Waals surface area (Å²) < 4.78 is 2.01. The van der Waals surface area contributed by atoms with Crippen molar-refractivity contribution in [3.8, 4) is 11.3 Å². The molecule has 0 fully saturated rings. The summed E-state index contributed by atoms with van der Waals surface area (Å²) in [6, 6.07) is 15.7. The van der Waals surface area contributed by atoms with E-state index >= 15 is 0 Å². The van der Waals surface area contributed by atoms with Gasteiger partial charge in [0.15, 0.2) is 5.16 Å². The van der Waals surface area contributed by atoms with Crippen LogP contribution in [-0.2, 0) is 11.8 Å². The summed E-state index contributed by atoms with van der Waals surface area (Å²) in [5.41, 5.74) is 4.71. The van der Waals surface area contributed by atoms with Gasteiger partial charge in [0.1, 0.15) is 0 Å². The number of thioether (sulfide) groups is 1. The Morgan fingerprint density at radius 2 is 2.04 bits per heavy atom. The van der Waals surface area contributed by atoms with Crippen LogP contribution in [0.15, 0.2) is 59.1 Å². The third-order valence-corrected chi connectivity index (χ3v) is 5.94. The molecule has 1 amide bonds. The van der Waals surface area contributed by atoms with Crippen LogP contribution in [0.3, 0.4) is 0 Å². The molecule has 0 aliphatic rings. The number of carbonyl (C=O) groups is 1. The molecule has 4 rings (SSSR count). The SMILES string of the molecule is Cc1nc(-c2cccc(NC(=O)CSc3nc4ccccc4n3C)c2)cs1. The molecule has 0 unspecified atom stereocenters. The first-order valence-electron chi connectivity index (χ1n) is 8.47. The fourth-order valence-electron chi connectivity index (χ4n) is 2.83. The summed E-state index contributed by atoms with van der Waals surface area (Å²) in [4.78, 5) is 21.5. The van der Waals surface area contributed by atoms with Crippen molar-refractivity contribution in [3.05, 3.63) is 58.9 Å². The smallest absolute Gasteiger partial charge is 0.234 e. The highest BCUT2D eigenvalue weighted by Crippen LogP contribution is 2.25. The lowest BCUT2D eigenvalue weighted by molar-refractivity contribution is -0.113. The number of rotatable bonds is 5. The summed E-state index contributed by atoms with van der Waals surface area (Å²) in [7, 11) is 1.97. The summed E-state index contributed by atoms with van der Waals surface area (Å²) in [5.74, 6) is 0.246. The number of anilines is 1. The Balaban J connectivity index is 1.43. The van der Waals surface area contributed by atoms with Crippen LogP contribution in [0.5, 0.6) is 0 Å². The number of aryl methyl sites for hydroxylation is 2. The average Bonchev–Trinajstić information content (AvgIpc) is 3.24. The van der Waals surface area contributed by atoms with E-state index in [9.17, 15) is 4.79 Å². The molecule has 0 aliphatic heterocycles. The minimum absolute atomic E-state index is 0.0568. The van der Waals surface area contributed by atoms with E-state index in [0.29, 0.717) is 5.75 Å². The molecule has 0 spiro atoms. The molecule has 1 N–H and O–H groups in total. The highest BCUT2D eigenvalue weighted by molar-refractivity contribution is 7.99. The molecule has 0 bridgehead atoms. The van der Waals surface area contributed by atoms with Crippen molar-refractivity contribution < 1.29 is 4.79 Å². The fourth-order valence-corrected chi connectivity index (χ4v) is 4.24. The summed E-state index contributed by atoms with van der Waals surface area (Å²) in [6.45, 7) is 1.98. The van der Waals surface area contributed by atoms with E-state index < -0.39 is 0 Å². The van der Waals surface area contributed by atoms with Crippen molar-refractivity contribution in [3.63, 3.8) is 0 Å².